The molecule has 1 aromatic rings. The number of aryl methyl sites for hydroxylation is 1. The van der Waals surface area contributed by atoms with Gasteiger partial charge < -0.3 is 9.84 Å². The Balaban J connectivity index is 2.91. The number of benzene rings is 1. The topological polar surface area (TPSA) is 29.5 Å². The van der Waals surface area contributed by atoms with E-state index in [1.807, 2.05) is 12.1 Å². The molecule has 12 heavy (non-hydrogen) atoms. The third-order valence-corrected chi connectivity index (χ3v) is 1.85. The lowest BCUT2D eigenvalue weighted by Crippen LogP contribution is -1.90. The molecular formula is C10H14O2. The van der Waals surface area contributed by atoms with Crippen LogP contribution in [0.5, 0.6) is 5.75 Å². The first-order valence-corrected chi connectivity index (χ1v) is 4.07. The van der Waals surface area contributed by atoms with Crippen molar-refractivity contribution in [1.82, 2.24) is 0 Å². The predicted molar refractivity (Wildman–Crippen MR) is 48.2 cm³/mol. The van der Waals surface area contributed by atoms with Crippen molar-refractivity contribution in [2.24, 2.45) is 0 Å². The molecule has 0 fully saturated rings. The molecule has 0 aliphatic rings. The maximum atomic E-state index is 9.38. The average Bonchev–Trinajstić information content (AvgIpc) is 2.09. The molecule has 0 saturated heterocycles. The first-order chi connectivity index (χ1) is 5.77. The van der Waals surface area contributed by atoms with Crippen molar-refractivity contribution < 1.29 is 9.84 Å². The van der Waals surface area contributed by atoms with Crippen LogP contribution in [0.2, 0.25) is 0 Å². The Morgan fingerprint density at radius 1 is 1.42 bits per heavy atom. The summed E-state index contributed by atoms with van der Waals surface area (Å²) < 4.78 is 4.95. The van der Waals surface area contributed by atoms with Crippen LogP contribution in [-0.2, 0) is 17.8 Å². The Labute approximate surface area is 72.8 Å². The van der Waals surface area contributed by atoms with Gasteiger partial charge in [0.05, 0.1) is 6.61 Å². The average molecular weight is 166 g/mol. The van der Waals surface area contributed by atoms with Gasteiger partial charge in [-0.05, 0) is 24.1 Å². The molecule has 2 heteroatoms. The van der Waals surface area contributed by atoms with Crippen molar-refractivity contribution >= 4 is 0 Å². The Bertz CT molecular complexity index is 256. The molecule has 0 heterocycles. The Morgan fingerprint density at radius 3 is 2.75 bits per heavy atom. The number of aromatic hydroxyl groups is 1. The minimum absolute atomic E-state index is 0.314. The maximum Gasteiger partial charge on any atom is 0.121 e. The van der Waals surface area contributed by atoms with E-state index in [0.717, 1.165) is 12.0 Å². The van der Waals surface area contributed by atoms with E-state index in [2.05, 4.69) is 6.92 Å². The first kappa shape index (κ1) is 9.07. The summed E-state index contributed by atoms with van der Waals surface area (Å²) in [6.07, 6.45) is 0.983. The number of hydrogen-bond acceptors (Lipinski definition) is 2. The van der Waals surface area contributed by atoms with Gasteiger partial charge in [-0.15, -0.1) is 0 Å². The van der Waals surface area contributed by atoms with Gasteiger partial charge >= 0.3 is 0 Å². The molecule has 0 aliphatic carbocycles. The second kappa shape index (κ2) is 4.12. The van der Waals surface area contributed by atoms with Crippen LogP contribution in [0.1, 0.15) is 18.1 Å². The zero-order valence-electron chi connectivity index (χ0n) is 7.50. The number of methoxy groups -OCH3 is 1. The molecule has 0 saturated carbocycles. The summed E-state index contributed by atoms with van der Waals surface area (Å²) in [5, 5.41) is 9.38. The van der Waals surface area contributed by atoms with Crippen LogP contribution in [0.3, 0.4) is 0 Å². The van der Waals surface area contributed by atoms with Crippen LogP contribution in [0.15, 0.2) is 18.2 Å². The van der Waals surface area contributed by atoms with Crippen LogP contribution >= 0.6 is 0 Å². The number of ether oxygens (including phenoxy) is 1. The lowest BCUT2D eigenvalue weighted by atomic mass is 10.1. The molecule has 0 atom stereocenters. The summed E-state index contributed by atoms with van der Waals surface area (Å²) in [6.45, 7) is 2.56. The van der Waals surface area contributed by atoms with Crippen molar-refractivity contribution in [3.05, 3.63) is 29.3 Å². The van der Waals surface area contributed by atoms with Gasteiger partial charge in [0.25, 0.3) is 0 Å². The molecule has 0 radical (unpaired) electrons. The number of hydrogen-bond donors (Lipinski definition) is 1. The van der Waals surface area contributed by atoms with E-state index in [-0.39, 0.29) is 0 Å². The van der Waals surface area contributed by atoms with Gasteiger partial charge in [-0.2, -0.15) is 0 Å². The lowest BCUT2D eigenvalue weighted by molar-refractivity contribution is 0.182. The molecule has 0 unspecified atom stereocenters. The van der Waals surface area contributed by atoms with Crippen molar-refractivity contribution in [2.45, 2.75) is 20.0 Å². The van der Waals surface area contributed by atoms with Gasteiger partial charge in [0, 0.05) is 12.7 Å². The largest absolute Gasteiger partial charge is 0.508 e. The Morgan fingerprint density at radius 2 is 2.17 bits per heavy atom. The third-order valence-electron chi connectivity index (χ3n) is 1.85. The van der Waals surface area contributed by atoms with Crippen LogP contribution in [0, 0.1) is 0 Å². The van der Waals surface area contributed by atoms with Crippen molar-refractivity contribution in [1.29, 1.82) is 0 Å². The second-order valence-corrected chi connectivity index (χ2v) is 2.75. The Hall–Kier alpha value is -1.02. The fourth-order valence-corrected chi connectivity index (χ4v) is 1.13. The summed E-state index contributed by atoms with van der Waals surface area (Å²) in [7, 11) is 1.62. The zero-order valence-corrected chi connectivity index (χ0v) is 7.50. The van der Waals surface area contributed by atoms with E-state index < -0.39 is 0 Å². The van der Waals surface area contributed by atoms with Crippen LogP contribution in [-0.4, -0.2) is 12.2 Å². The standard InChI is InChI=1S/C10H14O2/c1-3-8-4-5-10(11)9(6-8)7-12-2/h4-6,11H,3,7H2,1-2H3. The van der Waals surface area contributed by atoms with Crippen LogP contribution in [0.25, 0.3) is 0 Å². The van der Waals surface area contributed by atoms with E-state index in [0.29, 0.717) is 12.4 Å². The molecule has 1 aromatic carbocycles. The molecule has 0 amide bonds. The lowest BCUT2D eigenvalue weighted by Gasteiger charge is -2.04. The highest BCUT2D eigenvalue weighted by atomic mass is 16.5. The number of phenolic OH excluding ortho intramolecular Hbond substituents is 1. The smallest absolute Gasteiger partial charge is 0.121 e. The van der Waals surface area contributed by atoms with E-state index in [1.165, 1.54) is 5.56 Å². The van der Waals surface area contributed by atoms with Crippen molar-refractivity contribution in [2.75, 3.05) is 7.11 Å². The van der Waals surface area contributed by atoms with Gasteiger partial charge in [0.1, 0.15) is 5.75 Å². The SMILES string of the molecule is CCc1ccc(O)c(COC)c1. The molecular weight excluding hydrogens is 152 g/mol. The highest BCUT2D eigenvalue weighted by Gasteiger charge is 2.00. The van der Waals surface area contributed by atoms with E-state index in [9.17, 15) is 5.11 Å². The maximum absolute atomic E-state index is 9.38. The van der Waals surface area contributed by atoms with Crippen molar-refractivity contribution in [3.63, 3.8) is 0 Å². The zero-order chi connectivity index (χ0) is 8.97. The normalized spacial score (nSPS) is 10.2. The molecule has 0 aromatic heterocycles. The van der Waals surface area contributed by atoms with E-state index in [4.69, 9.17) is 4.74 Å². The van der Waals surface area contributed by atoms with Gasteiger partial charge in [-0.3, -0.25) is 0 Å². The minimum atomic E-state index is 0.314. The van der Waals surface area contributed by atoms with Gasteiger partial charge in [0.15, 0.2) is 0 Å². The monoisotopic (exact) mass is 166 g/mol. The highest BCUT2D eigenvalue weighted by Crippen LogP contribution is 2.19. The van der Waals surface area contributed by atoms with Gasteiger partial charge in [-0.25, -0.2) is 0 Å². The first-order valence-electron chi connectivity index (χ1n) is 4.07. The van der Waals surface area contributed by atoms with Gasteiger partial charge in [0.2, 0.25) is 0 Å². The summed E-state index contributed by atoms with van der Waals surface area (Å²) in [5.74, 6) is 0.314. The summed E-state index contributed by atoms with van der Waals surface area (Å²) in [5.41, 5.74) is 2.08. The van der Waals surface area contributed by atoms with Crippen LogP contribution < -0.4 is 0 Å². The third kappa shape index (κ3) is 1.98. The molecule has 0 aliphatic heterocycles. The van der Waals surface area contributed by atoms with Crippen LogP contribution in [0.4, 0.5) is 0 Å². The molecule has 66 valence electrons. The number of rotatable bonds is 3. The quantitative estimate of drug-likeness (QED) is 0.745. The summed E-state index contributed by atoms with van der Waals surface area (Å²) in [4.78, 5) is 0. The van der Waals surface area contributed by atoms with Crippen molar-refractivity contribution in [3.8, 4) is 5.75 Å². The predicted octanol–water partition coefficient (Wildman–Crippen LogP) is 2.10. The number of phenols is 1. The molecule has 1 rings (SSSR count). The molecule has 2 nitrogen and oxygen atoms in total. The minimum Gasteiger partial charge on any atom is -0.508 e. The Kier molecular flexibility index (Phi) is 3.11. The molecule has 0 bridgehead atoms. The summed E-state index contributed by atoms with van der Waals surface area (Å²) in [6, 6.07) is 5.61. The second-order valence-electron chi connectivity index (χ2n) is 2.75. The van der Waals surface area contributed by atoms with Gasteiger partial charge in [-0.1, -0.05) is 13.0 Å². The fraction of sp³-hybridized carbons (Fsp3) is 0.400. The van der Waals surface area contributed by atoms with E-state index >= 15 is 0 Å². The molecule has 0 spiro atoms. The molecule has 1 N–H and O–H groups in total. The van der Waals surface area contributed by atoms with E-state index in [1.54, 1.807) is 13.2 Å². The summed E-state index contributed by atoms with van der Waals surface area (Å²) >= 11 is 0. The highest BCUT2D eigenvalue weighted by molar-refractivity contribution is 5.35. The fourth-order valence-electron chi connectivity index (χ4n) is 1.13.